The minimum atomic E-state index is 0. The van der Waals surface area contributed by atoms with Crippen molar-refractivity contribution < 1.29 is 9.53 Å². The van der Waals surface area contributed by atoms with Crippen molar-refractivity contribution in [3.63, 3.8) is 0 Å². The number of ether oxygens (including phenoxy) is 1. The maximum atomic E-state index is 11.6. The highest BCUT2D eigenvalue weighted by atomic mass is 35.5. The molecule has 16 heavy (non-hydrogen) atoms. The number of likely N-dealkylation sites (tertiary alicyclic amines) is 1. The number of nitrogens with two attached hydrogens (primary N) is 1. The highest BCUT2D eigenvalue weighted by Gasteiger charge is 2.27. The summed E-state index contributed by atoms with van der Waals surface area (Å²) >= 11 is 0. The fourth-order valence-corrected chi connectivity index (χ4v) is 1.76. The fraction of sp³-hybridized carbons (Fsp3) is 0.727. The summed E-state index contributed by atoms with van der Waals surface area (Å²) in [6, 6.07) is 0.164. The van der Waals surface area contributed by atoms with Crippen molar-refractivity contribution in [1.82, 2.24) is 4.90 Å². The van der Waals surface area contributed by atoms with Gasteiger partial charge in [0, 0.05) is 19.1 Å². The van der Waals surface area contributed by atoms with Crippen molar-refractivity contribution in [3.8, 4) is 0 Å². The van der Waals surface area contributed by atoms with E-state index in [2.05, 4.69) is 6.58 Å². The summed E-state index contributed by atoms with van der Waals surface area (Å²) in [7, 11) is 0. The summed E-state index contributed by atoms with van der Waals surface area (Å²) in [4.78, 5) is 13.4. The Balaban J connectivity index is 0.00000225. The molecule has 1 saturated heterocycles. The highest BCUT2D eigenvalue weighted by molar-refractivity contribution is 5.85. The Bertz CT molecular complexity index is 234. The van der Waals surface area contributed by atoms with Gasteiger partial charge in [0.1, 0.15) is 6.61 Å². The predicted octanol–water partition coefficient (Wildman–Crippen LogP) is 0.806. The van der Waals surface area contributed by atoms with Gasteiger partial charge in [0.2, 0.25) is 5.91 Å². The zero-order valence-electron chi connectivity index (χ0n) is 9.72. The van der Waals surface area contributed by atoms with Crippen LogP contribution in [0.3, 0.4) is 0 Å². The van der Waals surface area contributed by atoms with Crippen molar-refractivity contribution in [2.75, 3.05) is 26.3 Å². The predicted molar refractivity (Wildman–Crippen MR) is 66.6 cm³/mol. The van der Waals surface area contributed by atoms with E-state index in [9.17, 15) is 4.79 Å². The van der Waals surface area contributed by atoms with E-state index in [1.165, 1.54) is 0 Å². The Morgan fingerprint density at radius 1 is 1.75 bits per heavy atom. The summed E-state index contributed by atoms with van der Waals surface area (Å²) in [5, 5.41) is 0. The minimum Gasteiger partial charge on any atom is -0.368 e. The Morgan fingerprint density at radius 2 is 2.44 bits per heavy atom. The van der Waals surface area contributed by atoms with E-state index in [0.29, 0.717) is 12.5 Å². The lowest BCUT2D eigenvalue weighted by atomic mass is 10.0. The molecule has 94 valence electrons. The lowest BCUT2D eigenvalue weighted by Gasteiger charge is -2.17. The van der Waals surface area contributed by atoms with Crippen molar-refractivity contribution in [2.45, 2.75) is 19.4 Å². The average molecular weight is 249 g/mol. The molecule has 0 aromatic carbocycles. The minimum absolute atomic E-state index is 0. The van der Waals surface area contributed by atoms with Gasteiger partial charge in [-0.15, -0.1) is 19.0 Å². The van der Waals surface area contributed by atoms with Crippen LogP contribution in [0.2, 0.25) is 0 Å². The molecule has 0 spiro atoms. The lowest BCUT2D eigenvalue weighted by Crippen LogP contribution is -2.35. The third kappa shape index (κ3) is 4.51. The third-order valence-corrected chi connectivity index (χ3v) is 2.78. The molecular weight excluding hydrogens is 228 g/mol. The zero-order chi connectivity index (χ0) is 11.3. The molecule has 4 nitrogen and oxygen atoms in total. The maximum absolute atomic E-state index is 11.6. The molecule has 1 heterocycles. The van der Waals surface area contributed by atoms with Crippen LogP contribution in [0.1, 0.15) is 13.3 Å². The summed E-state index contributed by atoms with van der Waals surface area (Å²) in [6.45, 7) is 7.67. The number of halogens is 1. The molecule has 1 aliphatic heterocycles. The number of carbonyl (C=O) groups is 1. The van der Waals surface area contributed by atoms with E-state index in [1.54, 1.807) is 6.08 Å². The Morgan fingerprint density at radius 3 is 2.94 bits per heavy atom. The quantitative estimate of drug-likeness (QED) is 0.579. The van der Waals surface area contributed by atoms with Crippen LogP contribution in [-0.4, -0.2) is 43.2 Å². The lowest BCUT2D eigenvalue weighted by molar-refractivity contribution is -0.134. The molecule has 0 aromatic rings. The van der Waals surface area contributed by atoms with Crippen molar-refractivity contribution >= 4 is 18.3 Å². The van der Waals surface area contributed by atoms with Gasteiger partial charge in [-0.25, -0.2) is 0 Å². The zero-order valence-corrected chi connectivity index (χ0v) is 10.5. The molecule has 1 rings (SSSR count). The summed E-state index contributed by atoms with van der Waals surface area (Å²) in [5.41, 5.74) is 5.80. The van der Waals surface area contributed by atoms with Gasteiger partial charge in [0.25, 0.3) is 0 Å². The van der Waals surface area contributed by atoms with Crippen LogP contribution in [0.5, 0.6) is 0 Å². The monoisotopic (exact) mass is 248 g/mol. The second-order valence-corrected chi connectivity index (χ2v) is 4.05. The van der Waals surface area contributed by atoms with Crippen LogP contribution in [0.15, 0.2) is 12.7 Å². The topological polar surface area (TPSA) is 55.6 Å². The van der Waals surface area contributed by atoms with Crippen LogP contribution in [0, 0.1) is 5.92 Å². The normalized spacial score (nSPS) is 21.4. The van der Waals surface area contributed by atoms with Gasteiger partial charge in [-0.3, -0.25) is 4.79 Å². The molecule has 1 amide bonds. The standard InChI is InChI=1S/C11H20N2O2.ClH/c1-3-6-15-8-11(14)13-5-4-10(7-13)9(2)12;/h3,9-10H,1,4-8,12H2,2H3;1H. The molecule has 2 unspecified atom stereocenters. The molecule has 0 radical (unpaired) electrons. The SMILES string of the molecule is C=CCOCC(=O)N1CCC(C(C)N)C1.Cl. The first-order chi connectivity index (χ1) is 7.15. The van der Waals surface area contributed by atoms with Crippen LogP contribution in [-0.2, 0) is 9.53 Å². The van der Waals surface area contributed by atoms with E-state index >= 15 is 0 Å². The Hall–Kier alpha value is -0.580. The first-order valence-electron chi connectivity index (χ1n) is 5.37. The van der Waals surface area contributed by atoms with Gasteiger partial charge >= 0.3 is 0 Å². The fourth-order valence-electron chi connectivity index (χ4n) is 1.76. The molecule has 2 N–H and O–H groups in total. The van der Waals surface area contributed by atoms with E-state index in [0.717, 1.165) is 19.5 Å². The number of amides is 1. The molecule has 5 heteroatoms. The third-order valence-electron chi connectivity index (χ3n) is 2.78. The molecule has 0 bridgehead atoms. The molecule has 2 atom stereocenters. The highest BCUT2D eigenvalue weighted by Crippen LogP contribution is 2.18. The Kier molecular flexibility index (Phi) is 7.38. The number of hydrogen-bond donors (Lipinski definition) is 1. The first kappa shape index (κ1) is 15.4. The van der Waals surface area contributed by atoms with Gasteiger partial charge < -0.3 is 15.4 Å². The van der Waals surface area contributed by atoms with Gasteiger partial charge in [0.05, 0.1) is 6.61 Å². The number of carbonyl (C=O) groups excluding carboxylic acids is 1. The molecular formula is C11H21ClN2O2. The first-order valence-corrected chi connectivity index (χ1v) is 5.37. The van der Waals surface area contributed by atoms with Gasteiger partial charge in [-0.2, -0.15) is 0 Å². The van der Waals surface area contributed by atoms with Crippen molar-refractivity contribution in [1.29, 1.82) is 0 Å². The smallest absolute Gasteiger partial charge is 0.248 e. The van der Waals surface area contributed by atoms with Gasteiger partial charge in [-0.05, 0) is 19.3 Å². The largest absolute Gasteiger partial charge is 0.368 e. The average Bonchev–Trinajstić information content (AvgIpc) is 2.66. The van der Waals surface area contributed by atoms with Crippen molar-refractivity contribution in [3.05, 3.63) is 12.7 Å². The van der Waals surface area contributed by atoms with Crippen molar-refractivity contribution in [2.24, 2.45) is 11.7 Å². The summed E-state index contributed by atoms with van der Waals surface area (Å²) in [5.74, 6) is 0.494. The number of nitrogens with zero attached hydrogens (tertiary/aromatic N) is 1. The molecule has 0 saturated carbocycles. The molecule has 1 aliphatic rings. The molecule has 0 aromatic heterocycles. The summed E-state index contributed by atoms with van der Waals surface area (Å²) < 4.78 is 5.11. The number of rotatable bonds is 5. The van der Waals surface area contributed by atoms with Crippen LogP contribution in [0.25, 0.3) is 0 Å². The van der Waals surface area contributed by atoms with Crippen LogP contribution in [0.4, 0.5) is 0 Å². The van der Waals surface area contributed by atoms with E-state index in [4.69, 9.17) is 10.5 Å². The summed E-state index contributed by atoms with van der Waals surface area (Å²) in [6.07, 6.45) is 2.65. The van der Waals surface area contributed by atoms with E-state index in [1.807, 2.05) is 11.8 Å². The molecule has 0 aliphatic carbocycles. The van der Waals surface area contributed by atoms with Gasteiger partial charge in [0.15, 0.2) is 0 Å². The number of hydrogen-bond acceptors (Lipinski definition) is 3. The molecule has 1 fully saturated rings. The van der Waals surface area contributed by atoms with E-state index < -0.39 is 0 Å². The Labute approximate surface area is 103 Å². The maximum Gasteiger partial charge on any atom is 0.248 e. The second-order valence-electron chi connectivity index (χ2n) is 4.05. The second kappa shape index (κ2) is 7.65. The van der Waals surface area contributed by atoms with E-state index in [-0.39, 0.29) is 31.0 Å². The van der Waals surface area contributed by atoms with Gasteiger partial charge in [-0.1, -0.05) is 6.08 Å². The van der Waals surface area contributed by atoms with Crippen LogP contribution < -0.4 is 5.73 Å². The van der Waals surface area contributed by atoms with Crippen LogP contribution >= 0.6 is 12.4 Å².